The van der Waals surface area contributed by atoms with E-state index in [0.717, 1.165) is 29.1 Å². The molecule has 0 radical (unpaired) electrons. The average molecular weight is 445 g/mol. The first-order chi connectivity index (χ1) is 16.0. The van der Waals surface area contributed by atoms with Crippen LogP contribution in [0.25, 0.3) is 5.78 Å². The Hall–Kier alpha value is -3.81. The number of piperazine rings is 1. The quantitative estimate of drug-likeness (QED) is 0.483. The molecule has 1 aliphatic rings. The summed E-state index contributed by atoms with van der Waals surface area (Å²) in [6, 6.07) is 14.6. The van der Waals surface area contributed by atoms with Crippen molar-refractivity contribution in [1.82, 2.24) is 24.5 Å². The van der Waals surface area contributed by atoms with Gasteiger partial charge in [0.25, 0.3) is 11.7 Å². The standard InChI is InChI=1S/C25H25FN6O/c1-17-8-9-20(26)15-21(17)24(33)31-12-10-30(11-13-31)23-22(14-19-6-4-3-5-7-19)18(2)29-25-27-16-28-32(23)25/h3-9,15-16H,10-14H2,1-2H3. The van der Waals surface area contributed by atoms with E-state index in [2.05, 4.69) is 32.1 Å². The van der Waals surface area contributed by atoms with Crippen LogP contribution in [0.1, 0.15) is 32.7 Å². The Balaban J connectivity index is 1.43. The molecule has 1 aliphatic heterocycles. The molecule has 2 aromatic heterocycles. The van der Waals surface area contributed by atoms with Crippen molar-refractivity contribution >= 4 is 17.5 Å². The molecular formula is C25H25FN6O. The number of amides is 1. The number of nitrogens with zero attached hydrogens (tertiary/aromatic N) is 6. The largest absolute Gasteiger partial charge is 0.353 e. The van der Waals surface area contributed by atoms with Gasteiger partial charge in [-0.1, -0.05) is 36.4 Å². The lowest BCUT2D eigenvalue weighted by atomic mass is 10.0. The van der Waals surface area contributed by atoms with Crippen LogP contribution in [0.3, 0.4) is 0 Å². The molecule has 0 aliphatic carbocycles. The Labute approximate surface area is 191 Å². The fraction of sp³-hybridized carbons (Fsp3) is 0.280. The van der Waals surface area contributed by atoms with E-state index in [1.807, 2.05) is 32.0 Å². The summed E-state index contributed by atoms with van der Waals surface area (Å²) in [6.45, 7) is 6.19. The van der Waals surface area contributed by atoms with E-state index in [9.17, 15) is 9.18 Å². The van der Waals surface area contributed by atoms with Crippen LogP contribution in [0.2, 0.25) is 0 Å². The number of carbonyl (C=O) groups is 1. The molecule has 2 aromatic carbocycles. The molecule has 33 heavy (non-hydrogen) atoms. The fourth-order valence-corrected chi connectivity index (χ4v) is 4.42. The van der Waals surface area contributed by atoms with Gasteiger partial charge in [0, 0.05) is 49.4 Å². The predicted octanol–water partition coefficient (Wildman–Crippen LogP) is 3.43. The summed E-state index contributed by atoms with van der Waals surface area (Å²) in [6.07, 6.45) is 2.25. The van der Waals surface area contributed by atoms with E-state index in [-0.39, 0.29) is 5.91 Å². The summed E-state index contributed by atoms with van der Waals surface area (Å²) in [5, 5.41) is 4.44. The number of halogens is 1. The van der Waals surface area contributed by atoms with Crippen molar-refractivity contribution < 1.29 is 9.18 Å². The zero-order valence-corrected chi connectivity index (χ0v) is 18.7. The lowest BCUT2D eigenvalue weighted by molar-refractivity contribution is 0.0745. The van der Waals surface area contributed by atoms with Crippen molar-refractivity contribution in [2.45, 2.75) is 20.3 Å². The van der Waals surface area contributed by atoms with Crippen LogP contribution in [0, 0.1) is 19.7 Å². The third-order valence-electron chi connectivity index (χ3n) is 6.22. The molecule has 0 unspecified atom stereocenters. The molecule has 8 heteroatoms. The second-order valence-corrected chi connectivity index (χ2v) is 8.37. The van der Waals surface area contributed by atoms with Crippen molar-refractivity contribution in [2.75, 3.05) is 31.1 Å². The third kappa shape index (κ3) is 4.04. The smallest absolute Gasteiger partial charge is 0.254 e. The summed E-state index contributed by atoms with van der Waals surface area (Å²) >= 11 is 0. The molecule has 0 N–H and O–H groups in total. The zero-order chi connectivity index (χ0) is 22.9. The Kier molecular flexibility index (Phi) is 5.50. The fourth-order valence-electron chi connectivity index (χ4n) is 4.42. The van der Waals surface area contributed by atoms with Gasteiger partial charge in [0.1, 0.15) is 18.0 Å². The highest BCUT2D eigenvalue weighted by Crippen LogP contribution is 2.27. The minimum absolute atomic E-state index is 0.132. The number of hydrogen-bond donors (Lipinski definition) is 0. The van der Waals surface area contributed by atoms with Crippen LogP contribution in [0.4, 0.5) is 10.2 Å². The van der Waals surface area contributed by atoms with Gasteiger partial charge in [0.05, 0.1) is 0 Å². The van der Waals surface area contributed by atoms with Gasteiger partial charge in [-0.05, 0) is 37.1 Å². The molecule has 4 aromatic rings. The number of rotatable bonds is 4. The average Bonchev–Trinajstić information content (AvgIpc) is 3.29. The molecule has 168 valence electrons. The van der Waals surface area contributed by atoms with Crippen molar-refractivity contribution in [3.05, 3.63) is 88.6 Å². The first-order valence-electron chi connectivity index (χ1n) is 11.0. The second-order valence-electron chi connectivity index (χ2n) is 8.37. The maximum atomic E-state index is 13.7. The van der Waals surface area contributed by atoms with Gasteiger partial charge in [0.15, 0.2) is 0 Å². The summed E-state index contributed by atoms with van der Waals surface area (Å²) < 4.78 is 15.5. The molecule has 1 saturated heterocycles. The number of hydrogen-bond acceptors (Lipinski definition) is 5. The minimum atomic E-state index is -0.394. The van der Waals surface area contributed by atoms with Crippen LogP contribution >= 0.6 is 0 Å². The first kappa shape index (κ1) is 21.1. The topological polar surface area (TPSA) is 66.6 Å². The van der Waals surface area contributed by atoms with Crippen LogP contribution in [0.15, 0.2) is 54.9 Å². The molecule has 5 rings (SSSR count). The van der Waals surface area contributed by atoms with Crippen molar-refractivity contribution in [3.8, 4) is 0 Å². The highest BCUT2D eigenvalue weighted by atomic mass is 19.1. The predicted molar refractivity (Wildman–Crippen MR) is 124 cm³/mol. The number of aromatic nitrogens is 4. The monoisotopic (exact) mass is 444 g/mol. The van der Waals surface area contributed by atoms with Gasteiger partial charge >= 0.3 is 0 Å². The third-order valence-corrected chi connectivity index (χ3v) is 6.22. The SMILES string of the molecule is Cc1ccc(F)cc1C(=O)N1CCN(c2c(Cc3ccccc3)c(C)nc3ncnn23)CC1. The minimum Gasteiger partial charge on any atom is -0.353 e. The number of anilines is 1. The first-order valence-corrected chi connectivity index (χ1v) is 11.0. The van der Waals surface area contributed by atoms with E-state index < -0.39 is 5.82 Å². The van der Waals surface area contributed by atoms with Gasteiger partial charge in [-0.15, -0.1) is 0 Å². The Morgan fingerprint density at radius 3 is 2.55 bits per heavy atom. The van der Waals surface area contributed by atoms with E-state index in [1.54, 1.807) is 15.5 Å². The highest BCUT2D eigenvalue weighted by Gasteiger charge is 2.27. The number of carbonyl (C=O) groups excluding carboxylic acids is 1. The zero-order valence-electron chi connectivity index (χ0n) is 18.7. The van der Waals surface area contributed by atoms with Gasteiger partial charge in [-0.3, -0.25) is 4.79 Å². The number of aryl methyl sites for hydroxylation is 2. The molecular weight excluding hydrogens is 419 g/mol. The summed E-state index contributed by atoms with van der Waals surface area (Å²) in [7, 11) is 0. The van der Waals surface area contributed by atoms with Crippen molar-refractivity contribution in [3.63, 3.8) is 0 Å². The lowest BCUT2D eigenvalue weighted by Crippen LogP contribution is -2.49. The van der Waals surface area contributed by atoms with Crippen molar-refractivity contribution in [2.24, 2.45) is 0 Å². The van der Waals surface area contributed by atoms with Gasteiger partial charge < -0.3 is 9.80 Å². The molecule has 3 heterocycles. The Morgan fingerprint density at radius 1 is 1.03 bits per heavy atom. The number of benzene rings is 2. The molecule has 0 bridgehead atoms. The van der Waals surface area contributed by atoms with Gasteiger partial charge in [-0.2, -0.15) is 14.6 Å². The maximum Gasteiger partial charge on any atom is 0.254 e. The van der Waals surface area contributed by atoms with Gasteiger partial charge in [0.2, 0.25) is 0 Å². The maximum absolute atomic E-state index is 13.7. The Bertz CT molecular complexity index is 1310. The van der Waals surface area contributed by atoms with Crippen molar-refractivity contribution in [1.29, 1.82) is 0 Å². The molecule has 0 atom stereocenters. The van der Waals surface area contributed by atoms with E-state index in [0.29, 0.717) is 37.5 Å². The second kappa shape index (κ2) is 8.61. The van der Waals surface area contributed by atoms with Crippen LogP contribution < -0.4 is 4.90 Å². The molecule has 0 spiro atoms. The van der Waals surface area contributed by atoms with E-state index in [1.165, 1.54) is 24.0 Å². The summed E-state index contributed by atoms with van der Waals surface area (Å²) in [4.78, 5) is 26.0. The van der Waals surface area contributed by atoms with Crippen LogP contribution in [0.5, 0.6) is 0 Å². The molecule has 1 fully saturated rings. The lowest BCUT2D eigenvalue weighted by Gasteiger charge is -2.37. The Morgan fingerprint density at radius 2 is 1.79 bits per heavy atom. The van der Waals surface area contributed by atoms with Gasteiger partial charge in [-0.25, -0.2) is 9.37 Å². The number of fused-ring (bicyclic) bond motifs is 1. The highest BCUT2D eigenvalue weighted by molar-refractivity contribution is 5.95. The van der Waals surface area contributed by atoms with E-state index >= 15 is 0 Å². The molecule has 1 amide bonds. The summed E-state index contributed by atoms with van der Waals surface area (Å²) in [5.41, 5.74) is 4.41. The molecule has 7 nitrogen and oxygen atoms in total. The molecule has 0 saturated carbocycles. The normalized spacial score (nSPS) is 14.2. The van der Waals surface area contributed by atoms with E-state index in [4.69, 9.17) is 0 Å². The van der Waals surface area contributed by atoms with Crippen LogP contribution in [-0.4, -0.2) is 56.6 Å². The summed E-state index contributed by atoms with van der Waals surface area (Å²) in [5.74, 6) is 1.00. The van der Waals surface area contributed by atoms with Crippen LogP contribution in [-0.2, 0) is 6.42 Å².